The molecule has 0 bridgehead atoms. The Labute approximate surface area is 211 Å². The number of piperidine rings is 1. The minimum absolute atomic E-state index is 0.196. The fourth-order valence-electron chi connectivity index (χ4n) is 5.78. The molecule has 0 amide bonds. The van der Waals surface area contributed by atoms with Gasteiger partial charge >= 0.3 is 0 Å². The van der Waals surface area contributed by atoms with Crippen molar-refractivity contribution in [3.63, 3.8) is 0 Å². The summed E-state index contributed by atoms with van der Waals surface area (Å²) in [6.07, 6.45) is 7.87. The van der Waals surface area contributed by atoms with E-state index in [1.807, 2.05) is 0 Å². The third-order valence-corrected chi connectivity index (χ3v) is 8.05. The van der Waals surface area contributed by atoms with Crippen LogP contribution in [0.5, 0.6) is 0 Å². The first-order valence-electron chi connectivity index (χ1n) is 13.7. The number of benzene rings is 2. The fraction of sp³-hybridized carbons (Fsp3) is 0.548. The number of aliphatic hydroxyl groups excluding tert-OH is 1. The topological polar surface area (TPSA) is 26.7 Å². The van der Waals surface area contributed by atoms with Gasteiger partial charge in [-0.2, -0.15) is 0 Å². The van der Waals surface area contributed by atoms with Gasteiger partial charge in [-0.25, -0.2) is 4.39 Å². The van der Waals surface area contributed by atoms with Crippen LogP contribution in [0.3, 0.4) is 0 Å². The highest BCUT2D eigenvalue weighted by atomic mass is 19.1. The highest BCUT2D eigenvalue weighted by molar-refractivity contribution is 5.69. The molecule has 0 aromatic heterocycles. The van der Waals surface area contributed by atoms with Crippen LogP contribution in [0.2, 0.25) is 0 Å². The summed E-state index contributed by atoms with van der Waals surface area (Å²) >= 11 is 0. The molecule has 2 aliphatic rings. The van der Waals surface area contributed by atoms with Crippen LogP contribution in [-0.4, -0.2) is 59.9 Å². The zero-order valence-electron chi connectivity index (χ0n) is 21.5. The molecule has 3 nitrogen and oxygen atoms in total. The van der Waals surface area contributed by atoms with Gasteiger partial charge in [0, 0.05) is 18.8 Å². The maximum Gasteiger partial charge on any atom is 0.113 e. The second-order valence-electron chi connectivity index (χ2n) is 10.6. The summed E-state index contributed by atoms with van der Waals surface area (Å²) in [6.45, 7) is 10.3. The van der Waals surface area contributed by atoms with Crippen LogP contribution in [0.1, 0.15) is 63.0 Å². The molecule has 2 saturated heterocycles. The lowest BCUT2D eigenvalue weighted by Crippen LogP contribution is -2.37. The highest BCUT2D eigenvalue weighted by Gasteiger charge is 2.25. The first kappa shape index (κ1) is 25.9. The van der Waals surface area contributed by atoms with Crippen molar-refractivity contribution >= 4 is 5.70 Å². The van der Waals surface area contributed by atoms with Crippen LogP contribution in [0.4, 0.5) is 4.39 Å². The first-order valence-corrected chi connectivity index (χ1v) is 13.7. The van der Waals surface area contributed by atoms with Crippen molar-refractivity contribution in [2.24, 2.45) is 5.92 Å². The van der Waals surface area contributed by atoms with Crippen LogP contribution in [0, 0.1) is 5.92 Å². The molecule has 0 radical (unpaired) electrons. The van der Waals surface area contributed by atoms with Crippen molar-refractivity contribution < 1.29 is 9.50 Å². The number of hydrogen-bond acceptors (Lipinski definition) is 3. The number of likely N-dealkylation sites (tertiary alicyclic amines) is 2. The minimum Gasteiger partial charge on any atom is -0.394 e. The lowest BCUT2D eigenvalue weighted by atomic mass is 9.90. The summed E-state index contributed by atoms with van der Waals surface area (Å²) in [5.41, 5.74) is 6.00. The Morgan fingerprint density at radius 3 is 2.29 bits per heavy atom. The minimum atomic E-state index is -0.659. The van der Waals surface area contributed by atoms with Gasteiger partial charge in [0.05, 0.1) is 12.6 Å². The van der Waals surface area contributed by atoms with E-state index in [4.69, 9.17) is 0 Å². The monoisotopic (exact) mass is 478 g/mol. The van der Waals surface area contributed by atoms with Gasteiger partial charge in [-0.15, -0.1) is 0 Å². The van der Waals surface area contributed by atoms with Gasteiger partial charge in [-0.05, 0) is 86.2 Å². The van der Waals surface area contributed by atoms with E-state index in [2.05, 4.69) is 71.8 Å². The predicted molar refractivity (Wildman–Crippen MR) is 145 cm³/mol. The molecule has 4 heteroatoms. The second kappa shape index (κ2) is 12.7. The van der Waals surface area contributed by atoms with E-state index in [0.717, 1.165) is 62.5 Å². The highest BCUT2D eigenvalue weighted by Crippen LogP contribution is 2.29. The summed E-state index contributed by atoms with van der Waals surface area (Å²) < 4.78 is 13.9. The summed E-state index contributed by atoms with van der Waals surface area (Å²) in [5.74, 6) is 0.761. The Hall–Kier alpha value is -2.17. The molecule has 2 atom stereocenters. The average Bonchev–Trinajstić information content (AvgIpc) is 3.37. The molecule has 190 valence electrons. The van der Waals surface area contributed by atoms with Crippen molar-refractivity contribution in [1.29, 1.82) is 0 Å². The third-order valence-electron chi connectivity index (χ3n) is 8.05. The van der Waals surface area contributed by atoms with Gasteiger partial charge in [0.2, 0.25) is 0 Å². The molecule has 2 unspecified atom stereocenters. The Kier molecular flexibility index (Phi) is 9.39. The van der Waals surface area contributed by atoms with E-state index >= 15 is 0 Å². The van der Waals surface area contributed by atoms with Crippen LogP contribution in [-0.2, 0) is 6.42 Å². The van der Waals surface area contributed by atoms with E-state index in [1.54, 1.807) is 0 Å². The number of aryl methyl sites for hydroxylation is 1. The molecule has 2 aliphatic heterocycles. The molecule has 0 saturated carbocycles. The van der Waals surface area contributed by atoms with Gasteiger partial charge in [0.15, 0.2) is 0 Å². The smallest absolute Gasteiger partial charge is 0.113 e. The molecular weight excluding hydrogens is 435 g/mol. The molecule has 2 fully saturated rings. The van der Waals surface area contributed by atoms with E-state index in [9.17, 15) is 9.50 Å². The molecule has 4 rings (SSSR count). The number of alkyl halides is 1. The number of nitrogens with zero attached hydrogens (tertiary/aromatic N) is 2. The molecule has 2 heterocycles. The Morgan fingerprint density at radius 1 is 1.00 bits per heavy atom. The second-order valence-corrected chi connectivity index (χ2v) is 10.6. The van der Waals surface area contributed by atoms with Gasteiger partial charge in [-0.1, -0.05) is 68.5 Å². The Morgan fingerprint density at radius 2 is 1.66 bits per heavy atom. The van der Waals surface area contributed by atoms with Crippen LogP contribution < -0.4 is 0 Å². The lowest BCUT2D eigenvalue weighted by molar-refractivity contribution is 0.133. The molecular formula is C31H43FN2O. The quantitative estimate of drug-likeness (QED) is 0.396. The van der Waals surface area contributed by atoms with Crippen LogP contribution in [0.25, 0.3) is 16.8 Å². The molecule has 0 aliphatic carbocycles. The van der Waals surface area contributed by atoms with Crippen molar-refractivity contribution in [1.82, 2.24) is 9.80 Å². The van der Waals surface area contributed by atoms with Gasteiger partial charge in [0.25, 0.3) is 0 Å². The SMILES string of the molecule is C=C(c1ccc(-c2ccc(CCC3CCN(CC(F)CCC)CC3)cc2)cc1)N1CCCC1CO. The van der Waals surface area contributed by atoms with Gasteiger partial charge < -0.3 is 14.9 Å². The standard InChI is InChI=1S/C31H43FN2O/c1-3-5-30(32)22-33-20-17-26(18-21-33)8-7-25-9-11-28(12-10-25)29-15-13-27(14-16-29)24(2)34-19-4-6-31(34)23-35/h9-16,26,30-31,35H,2-8,17-23H2,1H3. The Balaban J connectivity index is 1.24. The summed E-state index contributed by atoms with van der Waals surface area (Å²) in [7, 11) is 0. The molecule has 35 heavy (non-hydrogen) atoms. The maximum atomic E-state index is 13.9. The summed E-state index contributed by atoms with van der Waals surface area (Å²) in [6, 6.07) is 17.9. The van der Waals surface area contributed by atoms with Gasteiger partial charge in [-0.3, -0.25) is 0 Å². The third kappa shape index (κ3) is 6.95. The number of aliphatic hydroxyl groups is 1. The van der Waals surface area contributed by atoms with Crippen molar-refractivity contribution in [3.8, 4) is 11.1 Å². The molecule has 2 aromatic rings. The van der Waals surface area contributed by atoms with E-state index in [1.165, 1.54) is 36.0 Å². The molecule has 2 aromatic carbocycles. The Bertz CT molecular complexity index is 918. The molecule has 0 spiro atoms. The fourth-order valence-corrected chi connectivity index (χ4v) is 5.78. The molecule has 1 N–H and O–H groups in total. The van der Waals surface area contributed by atoms with Gasteiger partial charge in [0.1, 0.15) is 6.17 Å². The normalized spacial score (nSPS) is 20.3. The summed E-state index contributed by atoms with van der Waals surface area (Å²) in [4.78, 5) is 4.57. The largest absolute Gasteiger partial charge is 0.394 e. The maximum absolute atomic E-state index is 13.9. The lowest BCUT2D eigenvalue weighted by Gasteiger charge is -2.32. The first-order chi connectivity index (χ1) is 17.1. The van der Waals surface area contributed by atoms with Crippen LogP contribution >= 0.6 is 0 Å². The van der Waals surface area contributed by atoms with Crippen LogP contribution in [0.15, 0.2) is 55.1 Å². The van der Waals surface area contributed by atoms with E-state index in [-0.39, 0.29) is 12.6 Å². The zero-order valence-corrected chi connectivity index (χ0v) is 21.5. The van der Waals surface area contributed by atoms with Crippen molar-refractivity contribution in [2.45, 2.75) is 70.5 Å². The van der Waals surface area contributed by atoms with E-state index < -0.39 is 6.17 Å². The van der Waals surface area contributed by atoms with Crippen molar-refractivity contribution in [2.75, 3.05) is 32.8 Å². The number of halogens is 1. The van der Waals surface area contributed by atoms with E-state index in [0.29, 0.717) is 13.0 Å². The summed E-state index contributed by atoms with van der Waals surface area (Å²) in [5, 5.41) is 9.62. The predicted octanol–water partition coefficient (Wildman–Crippen LogP) is 6.56. The zero-order chi connectivity index (χ0) is 24.6. The number of hydrogen-bond donors (Lipinski definition) is 1. The average molecular weight is 479 g/mol. The number of rotatable bonds is 11. The van der Waals surface area contributed by atoms with Crippen molar-refractivity contribution in [3.05, 3.63) is 66.2 Å².